The van der Waals surface area contributed by atoms with Crippen LogP contribution in [0.3, 0.4) is 0 Å². The van der Waals surface area contributed by atoms with Gasteiger partial charge in [0, 0.05) is 12.6 Å². The van der Waals surface area contributed by atoms with Crippen molar-refractivity contribution < 1.29 is 17.9 Å². The summed E-state index contributed by atoms with van der Waals surface area (Å²) in [6, 6.07) is 8.66. The van der Waals surface area contributed by atoms with Crippen LogP contribution in [0.1, 0.15) is 11.7 Å². The zero-order valence-corrected chi connectivity index (χ0v) is 9.95. The maximum Gasteiger partial charge on any atom is 0.168 e. The molecule has 2 nitrogen and oxygen atoms in total. The van der Waals surface area contributed by atoms with E-state index in [1.165, 1.54) is 24.3 Å². The van der Waals surface area contributed by atoms with Crippen molar-refractivity contribution in [2.45, 2.75) is 6.10 Å². The maximum absolute atomic E-state index is 13.5. The molecule has 0 amide bonds. The predicted octanol–water partition coefficient (Wildman–Crippen LogP) is 3.18. The van der Waals surface area contributed by atoms with Crippen molar-refractivity contribution in [2.24, 2.45) is 5.73 Å². The average molecular weight is 267 g/mol. The van der Waals surface area contributed by atoms with Crippen LogP contribution >= 0.6 is 0 Å². The number of hydrogen-bond donors (Lipinski definition) is 1. The smallest absolute Gasteiger partial charge is 0.168 e. The van der Waals surface area contributed by atoms with Gasteiger partial charge in [-0.15, -0.1) is 0 Å². The molecule has 0 radical (unpaired) electrons. The first-order chi connectivity index (χ1) is 9.10. The highest BCUT2D eigenvalue weighted by atomic mass is 19.1. The van der Waals surface area contributed by atoms with Crippen molar-refractivity contribution in [1.82, 2.24) is 0 Å². The maximum atomic E-state index is 13.5. The molecule has 5 heteroatoms. The molecule has 0 spiro atoms. The summed E-state index contributed by atoms with van der Waals surface area (Å²) in [5, 5.41) is 0. The van der Waals surface area contributed by atoms with Gasteiger partial charge in [0.15, 0.2) is 11.6 Å². The molecule has 0 aromatic heterocycles. The summed E-state index contributed by atoms with van der Waals surface area (Å²) in [5.74, 6) is -2.07. The van der Waals surface area contributed by atoms with Crippen LogP contribution in [0.2, 0.25) is 0 Å². The summed E-state index contributed by atoms with van der Waals surface area (Å²) in [5.41, 5.74) is 6.03. The monoisotopic (exact) mass is 267 g/mol. The molecule has 1 atom stereocenters. The van der Waals surface area contributed by atoms with Gasteiger partial charge in [-0.25, -0.2) is 13.2 Å². The number of benzene rings is 2. The van der Waals surface area contributed by atoms with E-state index in [1.807, 2.05) is 0 Å². The minimum absolute atomic E-state index is 0.0419. The second-order valence-electron chi connectivity index (χ2n) is 3.97. The second-order valence-corrected chi connectivity index (χ2v) is 3.97. The summed E-state index contributed by atoms with van der Waals surface area (Å²) in [6.07, 6.45) is -0.698. The predicted molar refractivity (Wildman–Crippen MR) is 65.2 cm³/mol. The summed E-state index contributed by atoms with van der Waals surface area (Å²) >= 11 is 0. The van der Waals surface area contributed by atoms with E-state index in [2.05, 4.69) is 0 Å². The number of halogens is 3. The Morgan fingerprint density at radius 1 is 1.00 bits per heavy atom. The molecule has 2 aromatic rings. The Balaban J connectivity index is 2.24. The van der Waals surface area contributed by atoms with E-state index in [9.17, 15) is 13.2 Å². The van der Waals surface area contributed by atoms with Crippen molar-refractivity contribution in [2.75, 3.05) is 6.54 Å². The molecule has 0 fully saturated rings. The van der Waals surface area contributed by atoms with Crippen LogP contribution in [0, 0.1) is 17.5 Å². The van der Waals surface area contributed by atoms with Crippen molar-refractivity contribution in [1.29, 1.82) is 0 Å². The first kappa shape index (κ1) is 13.4. The number of nitrogens with two attached hydrogens (primary N) is 1. The second kappa shape index (κ2) is 5.75. The van der Waals surface area contributed by atoms with Gasteiger partial charge < -0.3 is 10.5 Å². The van der Waals surface area contributed by atoms with Gasteiger partial charge in [0.2, 0.25) is 0 Å². The lowest BCUT2D eigenvalue weighted by atomic mass is 10.1. The fourth-order valence-electron chi connectivity index (χ4n) is 1.68. The highest BCUT2D eigenvalue weighted by molar-refractivity contribution is 5.27. The highest BCUT2D eigenvalue weighted by Gasteiger charge is 2.15. The van der Waals surface area contributed by atoms with Gasteiger partial charge in [0.1, 0.15) is 17.7 Å². The SMILES string of the molecule is NCC(Oc1ccc(F)cc1F)c1cccc(F)c1. The van der Waals surface area contributed by atoms with Crippen molar-refractivity contribution in [3.63, 3.8) is 0 Å². The average Bonchev–Trinajstić information content (AvgIpc) is 2.38. The molecule has 0 saturated carbocycles. The molecule has 100 valence electrons. The third kappa shape index (κ3) is 3.26. The Labute approximate surface area is 108 Å². The van der Waals surface area contributed by atoms with Crippen LogP contribution in [-0.2, 0) is 0 Å². The minimum atomic E-state index is -0.824. The van der Waals surface area contributed by atoms with Crippen LogP contribution in [0.25, 0.3) is 0 Å². The lowest BCUT2D eigenvalue weighted by molar-refractivity contribution is 0.203. The highest BCUT2D eigenvalue weighted by Crippen LogP contribution is 2.25. The summed E-state index contributed by atoms with van der Waals surface area (Å²) in [4.78, 5) is 0. The fourth-order valence-corrected chi connectivity index (χ4v) is 1.68. The molecular formula is C14H12F3NO. The van der Waals surface area contributed by atoms with Gasteiger partial charge in [0.05, 0.1) is 0 Å². The van der Waals surface area contributed by atoms with Crippen molar-refractivity contribution >= 4 is 0 Å². The molecule has 1 unspecified atom stereocenters. The first-order valence-corrected chi connectivity index (χ1v) is 5.67. The fraction of sp³-hybridized carbons (Fsp3) is 0.143. The van der Waals surface area contributed by atoms with Crippen LogP contribution in [0.15, 0.2) is 42.5 Å². The molecule has 2 N–H and O–H groups in total. The summed E-state index contributed by atoms with van der Waals surface area (Å²) < 4.78 is 44.7. The molecule has 0 aliphatic rings. The van der Waals surface area contributed by atoms with Gasteiger partial charge >= 0.3 is 0 Å². The van der Waals surface area contributed by atoms with E-state index in [0.717, 1.165) is 6.07 Å². The lowest BCUT2D eigenvalue weighted by Crippen LogP contribution is -2.19. The molecule has 2 aromatic carbocycles. The van der Waals surface area contributed by atoms with Gasteiger partial charge in [-0.1, -0.05) is 12.1 Å². The molecule has 0 aliphatic heterocycles. The van der Waals surface area contributed by atoms with Crippen LogP contribution in [0.5, 0.6) is 5.75 Å². The first-order valence-electron chi connectivity index (χ1n) is 5.67. The van der Waals surface area contributed by atoms with E-state index in [1.54, 1.807) is 6.07 Å². The van der Waals surface area contributed by atoms with E-state index < -0.39 is 23.6 Å². The van der Waals surface area contributed by atoms with Gasteiger partial charge in [-0.2, -0.15) is 0 Å². The number of rotatable bonds is 4. The Morgan fingerprint density at radius 2 is 1.74 bits per heavy atom. The Hall–Kier alpha value is -2.01. The van der Waals surface area contributed by atoms with E-state index in [-0.39, 0.29) is 12.3 Å². The van der Waals surface area contributed by atoms with Crippen molar-refractivity contribution in [3.8, 4) is 5.75 Å². The zero-order chi connectivity index (χ0) is 13.8. The third-order valence-corrected chi connectivity index (χ3v) is 2.60. The molecule has 19 heavy (non-hydrogen) atoms. The zero-order valence-electron chi connectivity index (χ0n) is 9.95. The normalized spacial score (nSPS) is 12.2. The van der Waals surface area contributed by atoms with Crippen molar-refractivity contribution in [3.05, 3.63) is 65.5 Å². The Bertz CT molecular complexity index is 574. The number of ether oxygens (including phenoxy) is 1. The van der Waals surface area contributed by atoms with Gasteiger partial charge in [0.25, 0.3) is 0 Å². The van der Waals surface area contributed by atoms with Crippen LogP contribution < -0.4 is 10.5 Å². The quantitative estimate of drug-likeness (QED) is 0.923. The lowest BCUT2D eigenvalue weighted by Gasteiger charge is -2.18. The van der Waals surface area contributed by atoms with Gasteiger partial charge in [-0.05, 0) is 29.8 Å². The molecule has 0 bridgehead atoms. The standard InChI is InChI=1S/C14H12F3NO/c15-10-3-1-2-9(6-10)14(8-18)19-13-5-4-11(16)7-12(13)17/h1-7,14H,8,18H2. The molecular weight excluding hydrogens is 255 g/mol. The minimum Gasteiger partial charge on any atom is -0.481 e. The van der Waals surface area contributed by atoms with Crippen LogP contribution in [0.4, 0.5) is 13.2 Å². The number of hydrogen-bond acceptors (Lipinski definition) is 2. The summed E-state index contributed by atoms with van der Waals surface area (Å²) in [6.45, 7) is 0.0419. The van der Waals surface area contributed by atoms with E-state index in [4.69, 9.17) is 10.5 Å². The van der Waals surface area contributed by atoms with E-state index in [0.29, 0.717) is 11.6 Å². The van der Waals surface area contributed by atoms with Crippen LogP contribution in [-0.4, -0.2) is 6.54 Å². The molecule has 0 saturated heterocycles. The summed E-state index contributed by atoms with van der Waals surface area (Å²) in [7, 11) is 0. The largest absolute Gasteiger partial charge is 0.481 e. The topological polar surface area (TPSA) is 35.2 Å². The molecule has 2 rings (SSSR count). The Morgan fingerprint density at radius 3 is 2.37 bits per heavy atom. The third-order valence-electron chi connectivity index (χ3n) is 2.60. The van der Waals surface area contributed by atoms with Gasteiger partial charge in [-0.3, -0.25) is 0 Å². The van der Waals surface area contributed by atoms with E-state index >= 15 is 0 Å². The molecule has 0 aliphatic carbocycles. The molecule has 0 heterocycles. The Kier molecular flexibility index (Phi) is 4.06.